The number of hydrogen-bond acceptors (Lipinski definition) is 3. The standard InChI is InChI=1S/C22H28N2O2S/c1-15-6-8-19(9-7-15)27-11-10-21(26)24(5)14-20(25)23-22-17(3)12-16(2)13-18(22)4/h6-9,12-13H,10-11,14H2,1-5H3,(H,23,25). The van der Waals surface area contributed by atoms with Crippen LogP contribution in [-0.4, -0.2) is 36.1 Å². The number of thioether (sulfide) groups is 1. The van der Waals surface area contributed by atoms with Crippen molar-refractivity contribution in [1.82, 2.24) is 4.90 Å². The third kappa shape index (κ3) is 6.43. The predicted octanol–water partition coefficient (Wildman–Crippen LogP) is 4.50. The first-order chi connectivity index (χ1) is 12.8. The number of carbonyl (C=O) groups excluding carboxylic acids is 2. The number of carbonyl (C=O) groups is 2. The van der Waals surface area contributed by atoms with Crippen LogP contribution >= 0.6 is 11.8 Å². The molecule has 0 bridgehead atoms. The summed E-state index contributed by atoms with van der Waals surface area (Å²) in [5.41, 5.74) is 5.29. The zero-order valence-electron chi connectivity index (χ0n) is 16.8. The quantitative estimate of drug-likeness (QED) is 0.715. The lowest BCUT2D eigenvalue weighted by Gasteiger charge is -2.18. The molecule has 2 aromatic rings. The molecule has 0 aliphatic rings. The second-order valence-corrected chi connectivity index (χ2v) is 8.15. The summed E-state index contributed by atoms with van der Waals surface area (Å²) in [5, 5.41) is 2.94. The summed E-state index contributed by atoms with van der Waals surface area (Å²) in [6.45, 7) is 8.10. The predicted molar refractivity (Wildman–Crippen MR) is 113 cm³/mol. The molecule has 0 spiro atoms. The van der Waals surface area contributed by atoms with Crippen LogP contribution in [0.3, 0.4) is 0 Å². The van der Waals surface area contributed by atoms with E-state index in [4.69, 9.17) is 0 Å². The van der Waals surface area contributed by atoms with Crippen LogP contribution in [0.1, 0.15) is 28.7 Å². The van der Waals surface area contributed by atoms with Gasteiger partial charge in [-0.05, 0) is 51.0 Å². The molecule has 0 fully saturated rings. The number of anilines is 1. The lowest BCUT2D eigenvalue weighted by Crippen LogP contribution is -2.35. The summed E-state index contributed by atoms with van der Waals surface area (Å²) >= 11 is 1.65. The molecule has 0 aromatic heterocycles. The molecule has 2 amide bonds. The van der Waals surface area contributed by atoms with Gasteiger partial charge in [-0.1, -0.05) is 35.4 Å². The fraction of sp³-hybridized carbons (Fsp3) is 0.364. The van der Waals surface area contributed by atoms with Crippen molar-refractivity contribution in [3.05, 3.63) is 58.7 Å². The lowest BCUT2D eigenvalue weighted by atomic mass is 10.1. The number of rotatable bonds is 7. The lowest BCUT2D eigenvalue weighted by molar-refractivity contribution is -0.132. The second-order valence-electron chi connectivity index (χ2n) is 6.98. The highest BCUT2D eigenvalue weighted by atomic mass is 32.2. The van der Waals surface area contributed by atoms with E-state index in [1.54, 1.807) is 18.8 Å². The van der Waals surface area contributed by atoms with E-state index < -0.39 is 0 Å². The number of benzene rings is 2. The molecule has 0 aliphatic heterocycles. The van der Waals surface area contributed by atoms with Gasteiger partial charge in [-0.15, -0.1) is 11.8 Å². The molecule has 1 N–H and O–H groups in total. The Morgan fingerprint density at radius 2 is 1.56 bits per heavy atom. The first-order valence-electron chi connectivity index (χ1n) is 9.07. The maximum Gasteiger partial charge on any atom is 0.243 e. The summed E-state index contributed by atoms with van der Waals surface area (Å²) in [7, 11) is 1.67. The third-order valence-electron chi connectivity index (χ3n) is 4.35. The normalized spacial score (nSPS) is 10.6. The zero-order valence-corrected chi connectivity index (χ0v) is 17.6. The molecule has 27 heavy (non-hydrogen) atoms. The van der Waals surface area contributed by atoms with Gasteiger partial charge in [-0.2, -0.15) is 0 Å². The number of nitrogens with zero attached hydrogens (tertiary/aromatic N) is 1. The van der Waals surface area contributed by atoms with E-state index in [-0.39, 0.29) is 18.4 Å². The van der Waals surface area contributed by atoms with Crippen LogP contribution in [0.15, 0.2) is 41.3 Å². The Labute approximate surface area is 166 Å². The Morgan fingerprint density at radius 1 is 0.963 bits per heavy atom. The molecule has 4 nitrogen and oxygen atoms in total. The van der Waals surface area contributed by atoms with Gasteiger partial charge in [0.1, 0.15) is 0 Å². The molecule has 0 saturated carbocycles. The van der Waals surface area contributed by atoms with Crippen molar-refractivity contribution >= 4 is 29.3 Å². The fourth-order valence-corrected chi connectivity index (χ4v) is 3.78. The van der Waals surface area contributed by atoms with Crippen LogP contribution in [0, 0.1) is 27.7 Å². The van der Waals surface area contributed by atoms with E-state index in [0.29, 0.717) is 12.2 Å². The largest absolute Gasteiger partial charge is 0.336 e. The van der Waals surface area contributed by atoms with Gasteiger partial charge in [0.25, 0.3) is 0 Å². The van der Waals surface area contributed by atoms with Gasteiger partial charge in [0.2, 0.25) is 11.8 Å². The van der Waals surface area contributed by atoms with Crippen LogP contribution < -0.4 is 5.32 Å². The maximum absolute atomic E-state index is 12.3. The van der Waals surface area contributed by atoms with E-state index in [2.05, 4.69) is 36.5 Å². The van der Waals surface area contributed by atoms with E-state index in [1.165, 1.54) is 16.0 Å². The van der Waals surface area contributed by atoms with Crippen molar-refractivity contribution in [2.24, 2.45) is 0 Å². The van der Waals surface area contributed by atoms with E-state index in [0.717, 1.165) is 21.7 Å². The van der Waals surface area contributed by atoms with Crippen LogP contribution in [0.5, 0.6) is 0 Å². The minimum atomic E-state index is -0.174. The van der Waals surface area contributed by atoms with Crippen molar-refractivity contribution in [1.29, 1.82) is 0 Å². The Morgan fingerprint density at radius 3 is 2.15 bits per heavy atom. The van der Waals surface area contributed by atoms with Crippen LogP contribution in [0.25, 0.3) is 0 Å². The molecular formula is C22H28N2O2S. The number of likely N-dealkylation sites (N-methyl/N-ethyl adjacent to an activating group) is 1. The molecule has 144 valence electrons. The van der Waals surface area contributed by atoms with Gasteiger partial charge in [-0.25, -0.2) is 0 Å². The summed E-state index contributed by atoms with van der Waals surface area (Å²) in [6, 6.07) is 12.3. The molecule has 0 aliphatic carbocycles. The topological polar surface area (TPSA) is 49.4 Å². The van der Waals surface area contributed by atoms with Gasteiger partial charge in [0.15, 0.2) is 0 Å². The Bertz CT molecular complexity index is 793. The van der Waals surface area contributed by atoms with Gasteiger partial charge >= 0.3 is 0 Å². The second kappa shape index (κ2) is 9.60. The van der Waals surface area contributed by atoms with Gasteiger partial charge in [0.05, 0.1) is 6.54 Å². The van der Waals surface area contributed by atoms with Crippen LogP contribution in [0.2, 0.25) is 0 Å². The highest BCUT2D eigenvalue weighted by Gasteiger charge is 2.14. The minimum absolute atomic E-state index is 0.0258. The van der Waals surface area contributed by atoms with E-state index in [1.807, 2.05) is 32.9 Å². The molecule has 2 aromatic carbocycles. The molecule has 0 atom stereocenters. The Kier molecular flexibility index (Phi) is 7.48. The summed E-state index contributed by atoms with van der Waals surface area (Å²) < 4.78 is 0. The number of amides is 2. The Hall–Kier alpha value is -2.27. The molecular weight excluding hydrogens is 356 g/mol. The molecule has 5 heteroatoms. The van der Waals surface area contributed by atoms with Gasteiger partial charge in [0, 0.05) is 29.8 Å². The van der Waals surface area contributed by atoms with Crippen LogP contribution in [0.4, 0.5) is 5.69 Å². The van der Waals surface area contributed by atoms with Crippen LogP contribution in [-0.2, 0) is 9.59 Å². The minimum Gasteiger partial charge on any atom is -0.336 e. The van der Waals surface area contributed by atoms with E-state index >= 15 is 0 Å². The third-order valence-corrected chi connectivity index (χ3v) is 5.37. The Balaban J connectivity index is 1.81. The van der Waals surface area contributed by atoms with Crippen molar-refractivity contribution in [2.45, 2.75) is 39.0 Å². The SMILES string of the molecule is Cc1ccc(SCCC(=O)N(C)CC(=O)Nc2c(C)cc(C)cc2C)cc1. The van der Waals surface area contributed by atoms with Crippen molar-refractivity contribution in [2.75, 3.05) is 24.7 Å². The summed E-state index contributed by atoms with van der Waals surface area (Å²) in [5.74, 6) is 0.499. The van der Waals surface area contributed by atoms with Crippen molar-refractivity contribution in [3.8, 4) is 0 Å². The first-order valence-corrected chi connectivity index (χ1v) is 10.1. The number of hydrogen-bond donors (Lipinski definition) is 1. The molecule has 0 saturated heterocycles. The molecule has 2 rings (SSSR count). The monoisotopic (exact) mass is 384 g/mol. The number of nitrogens with one attached hydrogen (secondary N) is 1. The average Bonchev–Trinajstić information content (AvgIpc) is 2.59. The van der Waals surface area contributed by atoms with Crippen molar-refractivity contribution < 1.29 is 9.59 Å². The maximum atomic E-state index is 12.3. The van der Waals surface area contributed by atoms with Gasteiger partial charge in [-0.3, -0.25) is 9.59 Å². The molecule has 0 heterocycles. The fourth-order valence-electron chi connectivity index (χ4n) is 2.94. The van der Waals surface area contributed by atoms with Crippen molar-refractivity contribution in [3.63, 3.8) is 0 Å². The van der Waals surface area contributed by atoms with Gasteiger partial charge < -0.3 is 10.2 Å². The highest BCUT2D eigenvalue weighted by molar-refractivity contribution is 7.99. The highest BCUT2D eigenvalue weighted by Crippen LogP contribution is 2.22. The summed E-state index contributed by atoms with van der Waals surface area (Å²) in [4.78, 5) is 27.3. The zero-order chi connectivity index (χ0) is 20.0. The number of aryl methyl sites for hydroxylation is 4. The van der Waals surface area contributed by atoms with E-state index in [9.17, 15) is 9.59 Å². The summed E-state index contributed by atoms with van der Waals surface area (Å²) in [6.07, 6.45) is 0.408. The first kappa shape index (κ1) is 21.0. The average molecular weight is 385 g/mol. The smallest absolute Gasteiger partial charge is 0.243 e. The molecule has 0 unspecified atom stereocenters. The molecule has 0 radical (unpaired) electrons.